The van der Waals surface area contributed by atoms with Crippen LogP contribution in [0.3, 0.4) is 0 Å². The Morgan fingerprint density at radius 1 is 1.33 bits per heavy atom. The van der Waals surface area contributed by atoms with Gasteiger partial charge < -0.3 is 0 Å². The highest BCUT2D eigenvalue weighted by molar-refractivity contribution is 5.94. The highest BCUT2D eigenvalue weighted by Crippen LogP contribution is 2.49. The van der Waals surface area contributed by atoms with Crippen LogP contribution in [0.15, 0.2) is 0 Å². The quantitative estimate of drug-likeness (QED) is 0.418. The third-order valence-corrected chi connectivity index (χ3v) is 1.94. The number of hydrogen-bond acceptors (Lipinski definition) is 1. The number of carbonyl (C=O) groups is 1. The molecule has 6 heavy (non-hydrogen) atoms. The molecule has 3 aliphatic rings. The molecule has 0 amide bonds. The average Bonchev–Trinajstić information content (AvgIpc) is 1.28. The predicted molar refractivity (Wildman–Crippen MR) is 21.2 cm³/mol. The van der Waals surface area contributed by atoms with E-state index in [1.54, 1.807) is 0 Å². The lowest BCUT2D eigenvalue weighted by Crippen LogP contribution is -2.50. The van der Waals surface area contributed by atoms with Gasteiger partial charge in [-0.25, -0.2) is 0 Å². The van der Waals surface area contributed by atoms with Gasteiger partial charge in [-0.1, -0.05) is 0 Å². The van der Waals surface area contributed by atoms with Gasteiger partial charge in [0.2, 0.25) is 0 Å². The van der Waals surface area contributed by atoms with E-state index in [-0.39, 0.29) is 0 Å². The summed E-state index contributed by atoms with van der Waals surface area (Å²) in [6, 6.07) is 0. The molecule has 0 heterocycles. The van der Waals surface area contributed by atoms with Crippen molar-refractivity contribution in [1.82, 2.24) is 0 Å². The van der Waals surface area contributed by atoms with E-state index >= 15 is 0 Å². The largest absolute Gasteiger partial charge is 0.299 e. The van der Waals surface area contributed by atoms with E-state index < -0.39 is 0 Å². The van der Waals surface area contributed by atoms with Gasteiger partial charge in [0.1, 0.15) is 5.78 Å². The van der Waals surface area contributed by atoms with Crippen molar-refractivity contribution in [2.45, 2.75) is 12.8 Å². The highest BCUT2D eigenvalue weighted by Gasteiger charge is 2.51. The minimum absolute atomic E-state index is 0.537. The van der Waals surface area contributed by atoms with Crippen molar-refractivity contribution < 1.29 is 4.79 Å². The van der Waals surface area contributed by atoms with Gasteiger partial charge in [0.05, 0.1) is 0 Å². The van der Waals surface area contributed by atoms with E-state index in [9.17, 15) is 4.79 Å². The van der Waals surface area contributed by atoms with Gasteiger partial charge in [0.15, 0.2) is 0 Å². The van der Waals surface area contributed by atoms with Crippen molar-refractivity contribution in [1.29, 1.82) is 0 Å². The number of ketones is 1. The molecule has 3 fully saturated rings. The van der Waals surface area contributed by atoms with Gasteiger partial charge in [-0.05, 0) is 12.8 Å². The molecule has 0 aromatic carbocycles. The smallest absolute Gasteiger partial charge is 0.139 e. The van der Waals surface area contributed by atoms with Crippen molar-refractivity contribution in [3.63, 3.8) is 0 Å². The Bertz CT molecular complexity index is 90.5. The lowest BCUT2D eigenvalue weighted by atomic mass is 9.55. The van der Waals surface area contributed by atoms with E-state index in [4.69, 9.17) is 0 Å². The maximum atomic E-state index is 10.3. The molecule has 32 valence electrons. The molecular weight excluding hydrogens is 76.1 g/mol. The van der Waals surface area contributed by atoms with Crippen LogP contribution in [0.2, 0.25) is 0 Å². The van der Waals surface area contributed by atoms with Gasteiger partial charge in [0.25, 0.3) is 0 Å². The summed E-state index contributed by atoms with van der Waals surface area (Å²) in [6.07, 6.45) is 2.44. The molecule has 1 nitrogen and oxygen atoms in total. The van der Waals surface area contributed by atoms with Gasteiger partial charge in [-0.15, -0.1) is 0 Å². The Balaban J connectivity index is 2.29. The van der Waals surface area contributed by atoms with Gasteiger partial charge in [-0.3, -0.25) is 4.79 Å². The van der Waals surface area contributed by atoms with E-state index in [1.807, 2.05) is 0 Å². The zero-order valence-electron chi connectivity index (χ0n) is 3.48. The molecule has 3 aliphatic carbocycles. The SMILES string of the molecule is O=C1C2CC1C2. The monoisotopic (exact) mass is 82.0 g/mol. The lowest BCUT2D eigenvalue weighted by Gasteiger charge is -2.47. The molecule has 0 saturated heterocycles. The Hall–Kier alpha value is -0.330. The first-order chi connectivity index (χ1) is 2.88. The lowest BCUT2D eigenvalue weighted by molar-refractivity contribution is -0.151. The first-order valence-corrected chi connectivity index (χ1v) is 2.41. The molecule has 0 spiro atoms. The van der Waals surface area contributed by atoms with E-state index in [0.717, 1.165) is 0 Å². The number of rotatable bonds is 0. The number of Topliss-reactive ketones (excluding diaryl/α,β-unsaturated/α-hetero) is 1. The molecule has 0 aromatic rings. The van der Waals surface area contributed by atoms with Crippen LogP contribution in [0.5, 0.6) is 0 Å². The minimum Gasteiger partial charge on any atom is -0.299 e. The third kappa shape index (κ3) is 0.107. The van der Waals surface area contributed by atoms with Crippen LogP contribution in [-0.4, -0.2) is 5.78 Å². The van der Waals surface area contributed by atoms with Crippen LogP contribution in [0, 0.1) is 11.8 Å². The summed E-state index contributed by atoms with van der Waals surface area (Å²) >= 11 is 0. The molecule has 0 unspecified atom stereocenters. The Kier molecular flexibility index (Phi) is 0.256. The topological polar surface area (TPSA) is 17.1 Å². The molecule has 3 rings (SSSR count). The summed E-state index contributed by atoms with van der Waals surface area (Å²) in [5.74, 6) is 1.61. The van der Waals surface area contributed by atoms with Crippen LogP contribution in [0.1, 0.15) is 12.8 Å². The second-order valence-corrected chi connectivity index (χ2v) is 2.27. The predicted octanol–water partition coefficient (Wildman–Crippen LogP) is 0.595. The van der Waals surface area contributed by atoms with Crippen molar-refractivity contribution >= 4 is 5.78 Å². The summed E-state index contributed by atoms with van der Waals surface area (Å²) in [5.41, 5.74) is 0. The maximum absolute atomic E-state index is 10.3. The minimum atomic E-state index is 0.537. The first-order valence-electron chi connectivity index (χ1n) is 2.41. The third-order valence-electron chi connectivity index (χ3n) is 1.94. The second-order valence-electron chi connectivity index (χ2n) is 2.27. The fourth-order valence-electron chi connectivity index (χ4n) is 1.09. The molecule has 2 bridgehead atoms. The van der Waals surface area contributed by atoms with Crippen LogP contribution in [0.4, 0.5) is 0 Å². The average molecular weight is 82.1 g/mol. The van der Waals surface area contributed by atoms with Gasteiger partial charge >= 0.3 is 0 Å². The van der Waals surface area contributed by atoms with Gasteiger partial charge in [0, 0.05) is 11.8 Å². The molecule has 0 aromatic heterocycles. The fourth-order valence-corrected chi connectivity index (χ4v) is 1.09. The highest BCUT2D eigenvalue weighted by atomic mass is 16.1. The summed E-state index contributed by atoms with van der Waals surface area (Å²) < 4.78 is 0. The van der Waals surface area contributed by atoms with Crippen molar-refractivity contribution in [2.24, 2.45) is 11.8 Å². The van der Waals surface area contributed by atoms with Crippen molar-refractivity contribution in [3.8, 4) is 0 Å². The summed E-state index contributed by atoms with van der Waals surface area (Å²) in [6.45, 7) is 0. The van der Waals surface area contributed by atoms with Crippen LogP contribution in [0.25, 0.3) is 0 Å². The van der Waals surface area contributed by atoms with Crippen LogP contribution in [-0.2, 0) is 4.79 Å². The summed E-state index contributed by atoms with van der Waals surface area (Å²) in [4.78, 5) is 10.3. The Morgan fingerprint density at radius 2 is 1.67 bits per heavy atom. The fraction of sp³-hybridized carbons (Fsp3) is 0.800. The Morgan fingerprint density at radius 3 is 1.67 bits per heavy atom. The molecule has 0 aliphatic heterocycles. The maximum Gasteiger partial charge on any atom is 0.139 e. The first kappa shape index (κ1) is 2.78. The van der Waals surface area contributed by atoms with E-state index in [1.165, 1.54) is 12.8 Å². The van der Waals surface area contributed by atoms with E-state index in [0.29, 0.717) is 17.6 Å². The molecule has 0 N–H and O–H groups in total. The standard InChI is InChI=1S/C5H6O/c6-5-3-1-4(5)2-3/h3-4H,1-2H2. The van der Waals surface area contributed by atoms with E-state index in [2.05, 4.69) is 0 Å². The molecule has 1 heteroatoms. The second kappa shape index (κ2) is 0.552. The van der Waals surface area contributed by atoms with Crippen LogP contribution >= 0.6 is 0 Å². The summed E-state index contributed by atoms with van der Waals surface area (Å²) in [5, 5.41) is 0. The van der Waals surface area contributed by atoms with Crippen LogP contribution < -0.4 is 0 Å². The summed E-state index contributed by atoms with van der Waals surface area (Å²) in [7, 11) is 0. The number of hydrogen-bond donors (Lipinski definition) is 0. The molecule has 3 saturated carbocycles. The molecular formula is C5H6O. The zero-order chi connectivity index (χ0) is 4.15. The molecule has 0 atom stereocenters. The number of carbonyl (C=O) groups excluding carboxylic acids is 1. The van der Waals surface area contributed by atoms with Gasteiger partial charge in [-0.2, -0.15) is 0 Å². The van der Waals surface area contributed by atoms with Crippen molar-refractivity contribution in [2.75, 3.05) is 0 Å². The van der Waals surface area contributed by atoms with Crippen molar-refractivity contribution in [3.05, 3.63) is 0 Å². The zero-order valence-corrected chi connectivity index (χ0v) is 3.48. The Labute approximate surface area is 36.3 Å². The molecule has 0 radical (unpaired) electrons. The normalized spacial score (nSPS) is 50.3.